The number of aryl methyl sites for hydroxylation is 1. The molecule has 0 atom stereocenters. The lowest BCUT2D eigenvalue weighted by Gasteiger charge is -2.21. The smallest absolute Gasteiger partial charge is 0.340 e. The molecule has 2 aromatic heterocycles. The number of nitriles is 1. The third kappa shape index (κ3) is 5.38. The number of esters is 1. The number of nitrogens with zero attached hydrogens (tertiary/aromatic N) is 3. The van der Waals surface area contributed by atoms with Crippen molar-refractivity contribution in [3.05, 3.63) is 75.5 Å². The molecule has 0 radical (unpaired) electrons. The van der Waals surface area contributed by atoms with Crippen LogP contribution >= 0.6 is 11.3 Å². The predicted molar refractivity (Wildman–Crippen MR) is 117 cm³/mol. The van der Waals surface area contributed by atoms with Crippen LogP contribution in [0, 0.1) is 31.0 Å². The fraction of sp³-hybridized carbons (Fsp3) is 0.261. The monoisotopic (exact) mass is 439 g/mol. The first-order valence-corrected chi connectivity index (χ1v) is 10.6. The third-order valence-electron chi connectivity index (χ3n) is 4.90. The summed E-state index contributed by atoms with van der Waals surface area (Å²) < 4.78 is 20.5. The van der Waals surface area contributed by atoms with Gasteiger partial charge >= 0.3 is 5.97 Å². The van der Waals surface area contributed by atoms with Crippen LogP contribution < -0.4 is 4.90 Å². The molecule has 1 amide bonds. The van der Waals surface area contributed by atoms with Gasteiger partial charge in [-0.1, -0.05) is 6.07 Å². The molecule has 1 aromatic carbocycles. The fourth-order valence-electron chi connectivity index (χ4n) is 3.27. The number of thiophene rings is 1. The molecule has 0 saturated carbocycles. The molecule has 0 fully saturated rings. The minimum Gasteiger partial charge on any atom is -0.452 e. The van der Waals surface area contributed by atoms with Crippen LogP contribution in [0.4, 0.5) is 10.1 Å². The Morgan fingerprint density at radius 2 is 1.97 bits per heavy atom. The van der Waals surface area contributed by atoms with E-state index in [4.69, 9.17) is 10.00 Å². The Hall–Kier alpha value is -3.44. The van der Waals surface area contributed by atoms with Gasteiger partial charge in [-0.05, 0) is 55.6 Å². The molecule has 0 aliphatic carbocycles. The molecule has 0 aliphatic heterocycles. The van der Waals surface area contributed by atoms with Crippen molar-refractivity contribution in [2.75, 3.05) is 18.1 Å². The molecular weight excluding hydrogens is 417 g/mol. The maximum atomic E-state index is 13.2. The van der Waals surface area contributed by atoms with Crippen molar-refractivity contribution in [3.63, 3.8) is 0 Å². The van der Waals surface area contributed by atoms with Gasteiger partial charge in [0.05, 0.1) is 24.6 Å². The number of carbonyl (C=O) groups excluding carboxylic acids is 2. The molecule has 8 heteroatoms. The Kier molecular flexibility index (Phi) is 7.21. The van der Waals surface area contributed by atoms with Gasteiger partial charge in [-0.3, -0.25) is 4.79 Å². The van der Waals surface area contributed by atoms with E-state index in [-0.39, 0.29) is 13.0 Å². The van der Waals surface area contributed by atoms with Crippen molar-refractivity contribution >= 4 is 28.9 Å². The summed E-state index contributed by atoms with van der Waals surface area (Å²) in [5.41, 5.74) is 2.54. The van der Waals surface area contributed by atoms with E-state index < -0.39 is 24.3 Å². The number of amides is 1. The summed E-state index contributed by atoms with van der Waals surface area (Å²) in [5.74, 6) is -1.50. The van der Waals surface area contributed by atoms with E-state index in [1.165, 1.54) is 34.0 Å². The number of carbonyl (C=O) groups is 2. The normalized spacial score (nSPS) is 10.5. The summed E-state index contributed by atoms with van der Waals surface area (Å²) >= 11 is 1.64. The number of rotatable bonds is 8. The first kappa shape index (κ1) is 22.2. The number of halogens is 1. The van der Waals surface area contributed by atoms with E-state index in [2.05, 4.69) is 0 Å². The highest BCUT2D eigenvalue weighted by molar-refractivity contribution is 7.09. The van der Waals surface area contributed by atoms with E-state index >= 15 is 0 Å². The standard InChI is InChI=1S/C23H22FN3O3S/c1-16-13-21(17(2)27(16)14-20-5-3-12-31-20)23(29)30-15-22(28)26(11-4-10-25)19-8-6-18(24)7-9-19/h3,5-9,12-13H,4,11,14-15H2,1-2H3. The van der Waals surface area contributed by atoms with Crippen molar-refractivity contribution in [3.8, 4) is 6.07 Å². The van der Waals surface area contributed by atoms with E-state index in [1.54, 1.807) is 17.4 Å². The molecule has 0 N–H and O–H groups in total. The minimum atomic E-state index is -0.585. The summed E-state index contributed by atoms with van der Waals surface area (Å²) in [6.07, 6.45) is 0.0982. The van der Waals surface area contributed by atoms with E-state index in [0.29, 0.717) is 17.8 Å². The lowest BCUT2D eigenvalue weighted by atomic mass is 10.2. The zero-order valence-electron chi connectivity index (χ0n) is 17.3. The molecule has 0 saturated heterocycles. The largest absolute Gasteiger partial charge is 0.452 e. The zero-order valence-corrected chi connectivity index (χ0v) is 18.1. The van der Waals surface area contributed by atoms with Gasteiger partial charge in [0.15, 0.2) is 6.61 Å². The lowest BCUT2D eigenvalue weighted by Crippen LogP contribution is -2.35. The Morgan fingerprint density at radius 1 is 1.23 bits per heavy atom. The Morgan fingerprint density at radius 3 is 2.61 bits per heavy atom. The van der Waals surface area contributed by atoms with Gasteiger partial charge in [-0.25, -0.2) is 9.18 Å². The molecule has 160 valence electrons. The summed E-state index contributed by atoms with van der Waals surface area (Å²) in [6, 6.07) is 13.1. The second kappa shape index (κ2) is 10.0. The lowest BCUT2D eigenvalue weighted by molar-refractivity contribution is -0.121. The Labute approximate surface area is 184 Å². The predicted octanol–water partition coefficient (Wildman–Crippen LogP) is 4.46. The van der Waals surface area contributed by atoms with Crippen LogP contribution in [0.1, 0.15) is 33.0 Å². The number of anilines is 1. The molecule has 0 aliphatic rings. The Balaban J connectivity index is 1.69. The topological polar surface area (TPSA) is 75.3 Å². The van der Waals surface area contributed by atoms with Gasteiger partial charge in [-0.15, -0.1) is 11.3 Å². The summed E-state index contributed by atoms with van der Waals surface area (Å²) in [7, 11) is 0. The number of benzene rings is 1. The van der Waals surface area contributed by atoms with Gasteiger partial charge in [0.25, 0.3) is 5.91 Å². The van der Waals surface area contributed by atoms with Crippen molar-refractivity contribution in [1.82, 2.24) is 4.57 Å². The Bertz CT molecular complexity index is 1100. The molecule has 0 bridgehead atoms. The van der Waals surface area contributed by atoms with Crippen LogP contribution in [0.3, 0.4) is 0 Å². The van der Waals surface area contributed by atoms with Crippen molar-refractivity contribution in [2.45, 2.75) is 26.8 Å². The van der Waals surface area contributed by atoms with Gasteiger partial charge in [0.1, 0.15) is 5.82 Å². The fourth-order valence-corrected chi connectivity index (χ4v) is 3.97. The zero-order chi connectivity index (χ0) is 22.4. The van der Waals surface area contributed by atoms with Crippen molar-refractivity contribution in [2.24, 2.45) is 0 Å². The van der Waals surface area contributed by atoms with E-state index in [1.807, 2.05) is 42.0 Å². The third-order valence-corrected chi connectivity index (χ3v) is 5.76. The maximum absolute atomic E-state index is 13.2. The van der Waals surface area contributed by atoms with Crippen LogP contribution in [0.15, 0.2) is 47.8 Å². The van der Waals surface area contributed by atoms with Gasteiger partial charge in [-0.2, -0.15) is 5.26 Å². The van der Waals surface area contributed by atoms with Crippen LogP contribution in [-0.4, -0.2) is 29.6 Å². The van der Waals surface area contributed by atoms with Crippen LogP contribution in [0.5, 0.6) is 0 Å². The maximum Gasteiger partial charge on any atom is 0.340 e. The van der Waals surface area contributed by atoms with Gasteiger partial charge in [0, 0.05) is 28.5 Å². The molecule has 31 heavy (non-hydrogen) atoms. The molecule has 0 unspecified atom stereocenters. The first-order valence-electron chi connectivity index (χ1n) is 9.70. The van der Waals surface area contributed by atoms with E-state index in [9.17, 15) is 14.0 Å². The number of ether oxygens (including phenoxy) is 1. The van der Waals surface area contributed by atoms with Gasteiger partial charge < -0.3 is 14.2 Å². The van der Waals surface area contributed by atoms with Crippen molar-refractivity contribution in [1.29, 1.82) is 5.26 Å². The van der Waals surface area contributed by atoms with E-state index in [0.717, 1.165) is 11.4 Å². The second-order valence-corrected chi connectivity index (χ2v) is 7.99. The quantitative estimate of drug-likeness (QED) is 0.486. The summed E-state index contributed by atoms with van der Waals surface area (Å²) in [5, 5.41) is 10.9. The van der Waals surface area contributed by atoms with Crippen LogP contribution in [0.25, 0.3) is 0 Å². The molecule has 0 spiro atoms. The van der Waals surface area contributed by atoms with Crippen LogP contribution in [-0.2, 0) is 16.1 Å². The van der Waals surface area contributed by atoms with Crippen LogP contribution in [0.2, 0.25) is 0 Å². The molecule has 3 aromatic rings. The molecule has 2 heterocycles. The SMILES string of the molecule is Cc1cc(C(=O)OCC(=O)N(CCC#N)c2ccc(F)cc2)c(C)n1Cc1cccs1. The second-order valence-electron chi connectivity index (χ2n) is 6.96. The number of hydrogen-bond acceptors (Lipinski definition) is 5. The summed E-state index contributed by atoms with van der Waals surface area (Å²) in [6.45, 7) is 4.07. The molecule has 3 rings (SSSR count). The highest BCUT2D eigenvalue weighted by Gasteiger charge is 2.21. The average Bonchev–Trinajstić information content (AvgIpc) is 3.37. The first-order chi connectivity index (χ1) is 14.9. The summed E-state index contributed by atoms with van der Waals surface area (Å²) in [4.78, 5) is 27.8. The number of aromatic nitrogens is 1. The highest BCUT2D eigenvalue weighted by atomic mass is 32.1. The van der Waals surface area contributed by atoms with Gasteiger partial charge in [0.2, 0.25) is 0 Å². The molecular formula is C23H22FN3O3S. The number of hydrogen-bond donors (Lipinski definition) is 0. The average molecular weight is 440 g/mol. The van der Waals surface area contributed by atoms with Crippen molar-refractivity contribution < 1.29 is 18.7 Å². The molecule has 6 nitrogen and oxygen atoms in total. The highest BCUT2D eigenvalue weighted by Crippen LogP contribution is 2.20. The minimum absolute atomic E-state index is 0.0982.